The van der Waals surface area contributed by atoms with Crippen LogP contribution in [-0.4, -0.2) is 21.0 Å². The summed E-state index contributed by atoms with van der Waals surface area (Å²) < 4.78 is 18.1. The van der Waals surface area contributed by atoms with Gasteiger partial charge in [-0.3, -0.25) is 9.59 Å². The van der Waals surface area contributed by atoms with Crippen LogP contribution in [0.1, 0.15) is 17.0 Å². The van der Waals surface area contributed by atoms with Crippen molar-refractivity contribution in [2.75, 3.05) is 0 Å². The number of hydrogen-bond donors (Lipinski definition) is 2. The predicted octanol–water partition coefficient (Wildman–Crippen LogP) is 2.88. The van der Waals surface area contributed by atoms with Gasteiger partial charge in [0.1, 0.15) is 5.82 Å². The lowest BCUT2D eigenvalue weighted by Crippen LogP contribution is -2.24. The van der Waals surface area contributed by atoms with Gasteiger partial charge in [0.15, 0.2) is 0 Å². The Labute approximate surface area is 164 Å². The summed E-state index contributed by atoms with van der Waals surface area (Å²) in [7, 11) is 0. The van der Waals surface area contributed by atoms with E-state index in [0.29, 0.717) is 17.0 Å². The smallest absolute Gasteiger partial charge is 0.251 e. The number of rotatable bonds is 5. The summed E-state index contributed by atoms with van der Waals surface area (Å²) in [6.07, 6.45) is 0.174. The van der Waals surface area contributed by atoms with Crippen LogP contribution in [0.2, 0.25) is 0 Å². The monoisotopic (exact) mass is 392 g/mol. The zero-order valence-electron chi connectivity index (χ0n) is 15.5. The molecule has 0 saturated carbocycles. The second kappa shape index (κ2) is 7.67. The molecule has 8 heteroatoms. The topological polar surface area (TPSA) is 101 Å². The van der Waals surface area contributed by atoms with Crippen LogP contribution in [0.25, 0.3) is 22.3 Å². The van der Waals surface area contributed by atoms with Crippen LogP contribution in [0.3, 0.4) is 0 Å². The SMILES string of the molecule is Cc1cc2cc(CC(=O)NCc3nc(-c4ccc(F)cc4)no3)ccc2[nH]c1=O. The average Bonchev–Trinajstić information content (AvgIpc) is 3.17. The van der Waals surface area contributed by atoms with E-state index in [1.165, 1.54) is 12.1 Å². The Morgan fingerprint density at radius 2 is 1.97 bits per heavy atom. The number of carbonyl (C=O) groups is 1. The van der Waals surface area contributed by atoms with Crippen molar-refractivity contribution < 1.29 is 13.7 Å². The van der Waals surface area contributed by atoms with Crippen molar-refractivity contribution in [3.8, 4) is 11.4 Å². The lowest BCUT2D eigenvalue weighted by molar-refractivity contribution is -0.120. The van der Waals surface area contributed by atoms with Gasteiger partial charge in [0.25, 0.3) is 5.56 Å². The lowest BCUT2D eigenvalue weighted by Gasteiger charge is -2.05. The maximum Gasteiger partial charge on any atom is 0.251 e. The molecular formula is C21H17FN4O3. The van der Waals surface area contributed by atoms with E-state index in [2.05, 4.69) is 20.4 Å². The Bertz CT molecular complexity index is 1250. The Morgan fingerprint density at radius 1 is 1.17 bits per heavy atom. The van der Waals surface area contributed by atoms with E-state index in [1.807, 2.05) is 6.07 Å². The molecule has 7 nitrogen and oxygen atoms in total. The van der Waals surface area contributed by atoms with Crippen molar-refractivity contribution in [1.82, 2.24) is 20.4 Å². The minimum Gasteiger partial charge on any atom is -0.347 e. The number of H-pyrrole nitrogens is 1. The van der Waals surface area contributed by atoms with Crippen LogP contribution in [-0.2, 0) is 17.8 Å². The second-order valence-electron chi connectivity index (χ2n) is 6.68. The van der Waals surface area contributed by atoms with Gasteiger partial charge >= 0.3 is 0 Å². The Hall–Kier alpha value is -3.81. The third-order valence-electron chi connectivity index (χ3n) is 4.47. The van der Waals surface area contributed by atoms with E-state index in [1.54, 1.807) is 37.3 Å². The van der Waals surface area contributed by atoms with E-state index in [-0.39, 0.29) is 36.1 Å². The van der Waals surface area contributed by atoms with E-state index in [4.69, 9.17) is 4.52 Å². The van der Waals surface area contributed by atoms with E-state index in [9.17, 15) is 14.0 Å². The largest absolute Gasteiger partial charge is 0.347 e. The summed E-state index contributed by atoms with van der Waals surface area (Å²) in [5.41, 5.74) is 2.66. The number of aryl methyl sites for hydroxylation is 1. The van der Waals surface area contributed by atoms with Gasteiger partial charge in [0, 0.05) is 16.6 Å². The van der Waals surface area contributed by atoms with Crippen molar-refractivity contribution in [2.45, 2.75) is 19.9 Å². The predicted molar refractivity (Wildman–Crippen MR) is 105 cm³/mol. The minimum atomic E-state index is -0.347. The lowest BCUT2D eigenvalue weighted by atomic mass is 10.1. The number of nitrogens with one attached hydrogen (secondary N) is 2. The molecule has 29 heavy (non-hydrogen) atoms. The number of carbonyl (C=O) groups excluding carboxylic acids is 1. The van der Waals surface area contributed by atoms with Crippen LogP contribution in [0.15, 0.2) is 57.8 Å². The molecular weight excluding hydrogens is 375 g/mol. The third kappa shape index (κ3) is 4.21. The second-order valence-corrected chi connectivity index (χ2v) is 6.68. The molecule has 2 aromatic heterocycles. The van der Waals surface area contributed by atoms with Gasteiger partial charge in [0.2, 0.25) is 17.6 Å². The van der Waals surface area contributed by atoms with Crippen molar-refractivity contribution in [3.63, 3.8) is 0 Å². The quantitative estimate of drug-likeness (QED) is 0.544. The van der Waals surface area contributed by atoms with Crippen molar-refractivity contribution >= 4 is 16.8 Å². The molecule has 4 aromatic rings. The van der Waals surface area contributed by atoms with E-state index < -0.39 is 0 Å². The molecule has 0 atom stereocenters. The summed E-state index contributed by atoms with van der Waals surface area (Å²) in [5, 5.41) is 7.44. The van der Waals surface area contributed by atoms with Crippen molar-refractivity contribution in [3.05, 3.63) is 81.7 Å². The summed E-state index contributed by atoms with van der Waals surface area (Å²) in [6, 6.07) is 13.0. The number of benzene rings is 2. The zero-order chi connectivity index (χ0) is 20.4. The molecule has 2 aromatic carbocycles. The van der Waals surface area contributed by atoms with Gasteiger partial charge in [-0.2, -0.15) is 4.98 Å². The highest BCUT2D eigenvalue weighted by atomic mass is 19.1. The first kappa shape index (κ1) is 18.5. The molecule has 4 rings (SSSR count). The normalized spacial score (nSPS) is 11.0. The highest BCUT2D eigenvalue weighted by molar-refractivity contribution is 5.83. The first-order chi connectivity index (χ1) is 14.0. The van der Waals surface area contributed by atoms with Crippen LogP contribution in [0.4, 0.5) is 4.39 Å². The van der Waals surface area contributed by atoms with Crippen molar-refractivity contribution in [2.24, 2.45) is 0 Å². The van der Waals surface area contributed by atoms with Crippen LogP contribution < -0.4 is 10.9 Å². The summed E-state index contributed by atoms with van der Waals surface area (Å²) in [6.45, 7) is 1.83. The molecule has 2 heterocycles. The van der Waals surface area contributed by atoms with Gasteiger partial charge in [-0.1, -0.05) is 11.2 Å². The van der Waals surface area contributed by atoms with Crippen LogP contribution >= 0.6 is 0 Å². The van der Waals surface area contributed by atoms with Gasteiger partial charge < -0.3 is 14.8 Å². The summed E-state index contributed by atoms with van der Waals surface area (Å²) >= 11 is 0. The zero-order valence-corrected chi connectivity index (χ0v) is 15.5. The van der Waals surface area contributed by atoms with E-state index in [0.717, 1.165) is 16.5 Å². The number of halogens is 1. The number of aromatic nitrogens is 3. The number of nitrogens with zero attached hydrogens (tertiary/aromatic N) is 2. The summed E-state index contributed by atoms with van der Waals surface area (Å²) in [5.74, 6) is 0.0319. The number of fused-ring (bicyclic) bond motifs is 1. The van der Waals surface area contributed by atoms with E-state index >= 15 is 0 Å². The standard InChI is InChI=1S/C21H17FN4O3/c1-12-8-15-9-13(2-7-17(15)24-21(12)28)10-18(27)23-11-19-25-20(26-29-19)14-3-5-16(22)6-4-14/h2-9H,10-11H2,1H3,(H,23,27)(H,24,28). The van der Waals surface area contributed by atoms with Crippen LogP contribution in [0, 0.1) is 12.7 Å². The average molecular weight is 392 g/mol. The van der Waals surface area contributed by atoms with Gasteiger partial charge in [-0.25, -0.2) is 4.39 Å². The highest BCUT2D eigenvalue weighted by Crippen LogP contribution is 2.16. The minimum absolute atomic E-state index is 0.0903. The van der Waals surface area contributed by atoms with Crippen LogP contribution in [0.5, 0.6) is 0 Å². The van der Waals surface area contributed by atoms with Gasteiger partial charge in [0.05, 0.1) is 13.0 Å². The van der Waals surface area contributed by atoms with Gasteiger partial charge in [-0.15, -0.1) is 0 Å². The fraction of sp³-hybridized carbons (Fsp3) is 0.143. The van der Waals surface area contributed by atoms with Crippen molar-refractivity contribution in [1.29, 1.82) is 0 Å². The summed E-state index contributed by atoms with van der Waals surface area (Å²) in [4.78, 5) is 30.9. The Kier molecular flexibility index (Phi) is 4.90. The number of hydrogen-bond acceptors (Lipinski definition) is 5. The molecule has 1 amide bonds. The molecule has 0 saturated heterocycles. The molecule has 0 bridgehead atoms. The number of aromatic amines is 1. The Morgan fingerprint density at radius 3 is 2.76 bits per heavy atom. The molecule has 0 aliphatic carbocycles. The maximum atomic E-state index is 13.0. The molecule has 0 radical (unpaired) electrons. The molecule has 0 unspecified atom stereocenters. The molecule has 0 spiro atoms. The maximum absolute atomic E-state index is 13.0. The molecule has 2 N–H and O–H groups in total. The molecule has 0 aliphatic rings. The molecule has 0 fully saturated rings. The first-order valence-electron chi connectivity index (χ1n) is 8.96. The highest BCUT2D eigenvalue weighted by Gasteiger charge is 2.11. The Balaban J connectivity index is 1.39. The van der Waals surface area contributed by atoms with Gasteiger partial charge in [-0.05, 0) is 60.3 Å². The fourth-order valence-electron chi connectivity index (χ4n) is 2.94. The fourth-order valence-corrected chi connectivity index (χ4v) is 2.94. The molecule has 146 valence electrons. The number of pyridine rings is 1. The number of amides is 1. The first-order valence-corrected chi connectivity index (χ1v) is 8.96. The molecule has 0 aliphatic heterocycles. The third-order valence-corrected chi connectivity index (χ3v) is 4.47.